The van der Waals surface area contributed by atoms with Crippen LogP contribution in [0.4, 0.5) is 5.69 Å². The topological polar surface area (TPSA) is 104 Å². The first-order valence-corrected chi connectivity index (χ1v) is 6.64. The van der Waals surface area contributed by atoms with E-state index < -0.39 is 28.5 Å². The SMILES string of the molecule is CS(=O)(=O)c1ccc(N[C@@H](CO)C(=O)O)cc1.[CaH2]. The average molecular weight is 301 g/mol. The van der Waals surface area contributed by atoms with Gasteiger partial charge in [-0.15, -0.1) is 0 Å². The number of carboxylic acid groups (broad SMARTS) is 1. The first kappa shape index (κ1) is 17.7. The molecule has 0 bridgehead atoms. The third kappa shape index (κ3) is 5.11. The zero-order valence-electron chi connectivity index (χ0n) is 9.12. The van der Waals surface area contributed by atoms with Crippen LogP contribution in [0.1, 0.15) is 0 Å². The summed E-state index contributed by atoms with van der Waals surface area (Å²) in [5.41, 5.74) is 0.429. The van der Waals surface area contributed by atoms with Gasteiger partial charge in [0.15, 0.2) is 9.84 Å². The molecule has 0 fully saturated rings. The van der Waals surface area contributed by atoms with Crippen LogP contribution in [0, 0.1) is 0 Å². The molecule has 0 unspecified atom stereocenters. The zero-order valence-corrected chi connectivity index (χ0v) is 9.94. The van der Waals surface area contributed by atoms with E-state index in [0.29, 0.717) is 5.69 Å². The molecule has 0 heterocycles. The van der Waals surface area contributed by atoms with Crippen LogP contribution in [0.2, 0.25) is 0 Å². The van der Waals surface area contributed by atoms with Gasteiger partial charge in [-0.2, -0.15) is 0 Å². The summed E-state index contributed by atoms with van der Waals surface area (Å²) in [6.07, 6.45) is 1.09. The molecule has 0 aliphatic heterocycles. The number of aliphatic carboxylic acids is 1. The van der Waals surface area contributed by atoms with Crippen molar-refractivity contribution in [3.63, 3.8) is 0 Å². The number of aliphatic hydroxyl groups excluding tert-OH is 1. The molecule has 0 saturated heterocycles. The number of carboxylic acids is 1. The Balaban J connectivity index is 0.00000289. The maximum atomic E-state index is 11.2. The van der Waals surface area contributed by atoms with E-state index in [4.69, 9.17) is 10.2 Å². The van der Waals surface area contributed by atoms with Crippen molar-refractivity contribution in [2.75, 3.05) is 18.2 Å². The fourth-order valence-corrected chi connectivity index (χ4v) is 1.82. The van der Waals surface area contributed by atoms with E-state index in [1.807, 2.05) is 0 Å². The molecule has 98 valence electrons. The summed E-state index contributed by atoms with van der Waals surface area (Å²) >= 11 is 0. The van der Waals surface area contributed by atoms with E-state index in [2.05, 4.69) is 5.32 Å². The summed E-state index contributed by atoms with van der Waals surface area (Å²) in [6, 6.07) is 4.52. The second-order valence-corrected chi connectivity index (χ2v) is 5.53. The fraction of sp³-hybridized carbons (Fsp3) is 0.300. The molecule has 0 aliphatic carbocycles. The summed E-state index contributed by atoms with van der Waals surface area (Å²) in [7, 11) is -3.26. The van der Waals surface area contributed by atoms with Gasteiger partial charge in [-0.05, 0) is 24.3 Å². The Hall–Kier alpha value is -0.340. The molecule has 18 heavy (non-hydrogen) atoms. The molecule has 8 heteroatoms. The first-order chi connectivity index (χ1) is 7.84. The van der Waals surface area contributed by atoms with Crippen LogP contribution in [0.5, 0.6) is 0 Å². The van der Waals surface area contributed by atoms with E-state index in [0.717, 1.165) is 6.26 Å². The average Bonchev–Trinajstić information content (AvgIpc) is 2.25. The molecule has 6 nitrogen and oxygen atoms in total. The molecule has 1 aromatic carbocycles. The zero-order chi connectivity index (χ0) is 13.1. The Bertz CT molecular complexity index is 500. The summed E-state index contributed by atoms with van der Waals surface area (Å²) in [5, 5.41) is 20.1. The van der Waals surface area contributed by atoms with Gasteiger partial charge in [0.2, 0.25) is 0 Å². The summed E-state index contributed by atoms with van der Waals surface area (Å²) in [4.78, 5) is 10.8. The van der Waals surface area contributed by atoms with Gasteiger partial charge in [-0.25, -0.2) is 13.2 Å². The Morgan fingerprint density at radius 1 is 1.33 bits per heavy atom. The van der Waals surface area contributed by atoms with Gasteiger partial charge < -0.3 is 15.5 Å². The first-order valence-electron chi connectivity index (χ1n) is 4.75. The number of hydrogen-bond donors (Lipinski definition) is 3. The van der Waals surface area contributed by atoms with Crippen molar-refractivity contribution in [2.45, 2.75) is 10.9 Å². The molecule has 0 radical (unpaired) electrons. The van der Waals surface area contributed by atoms with Crippen molar-refractivity contribution >= 4 is 59.2 Å². The normalized spacial score (nSPS) is 12.3. The van der Waals surface area contributed by atoms with Crippen LogP contribution >= 0.6 is 0 Å². The van der Waals surface area contributed by atoms with Crippen molar-refractivity contribution in [2.24, 2.45) is 0 Å². The quantitative estimate of drug-likeness (QED) is 0.605. The number of nitrogens with one attached hydrogen (secondary N) is 1. The summed E-state index contributed by atoms with van der Waals surface area (Å²) in [5.74, 6) is -1.18. The number of carbonyl (C=O) groups is 1. The Labute approximate surface area is 135 Å². The molecule has 1 aromatic rings. The van der Waals surface area contributed by atoms with Gasteiger partial charge in [-0.3, -0.25) is 0 Å². The number of benzene rings is 1. The van der Waals surface area contributed by atoms with Crippen LogP contribution in [0.15, 0.2) is 29.2 Å². The van der Waals surface area contributed by atoms with Gasteiger partial charge in [-0.1, -0.05) is 0 Å². The van der Waals surface area contributed by atoms with Gasteiger partial charge in [0.25, 0.3) is 0 Å². The molecule has 0 aromatic heterocycles. The van der Waals surface area contributed by atoms with Crippen LogP contribution in [0.3, 0.4) is 0 Å². The molecule has 3 N–H and O–H groups in total. The Morgan fingerprint density at radius 3 is 2.17 bits per heavy atom. The molecule has 0 aliphatic rings. The molecule has 0 amide bonds. The minimum absolute atomic E-state index is 0. The van der Waals surface area contributed by atoms with E-state index in [1.54, 1.807) is 0 Å². The number of rotatable bonds is 5. The number of aliphatic hydroxyl groups is 1. The van der Waals surface area contributed by atoms with Crippen LogP contribution in [-0.2, 0) is 14.6 Å². The third-order valence-corrected chi connectivity index (χ3v) is 3.23. The molecule has 1 atom stereocenters. The number of sulfone groups is 1. The molecule has 0 saturated carbocycles. The fourth-order valence-electron chi connectivity index (χ4n) is 1.19. The van der Waals surface area contributed by atoms with Crippen LogP contribution < -0.4 is 5.32 Å². The second kappa shape index (κ2) is 7.30. The molecule has 1 rings (SSSR count). The maximum absolute atomic E-state index is 11.2. The summed E-state index contributed by atoms with van der Waals surface area (Å²) < 4.78 is 22.4. The van der Waals surface area contributed by atoms with Crippen molar-refractivity contribution in [3.05, 3.63) is 24.3 Å². The third-order valence-electron chi connectivity index (χ3n) is 2.10. The molecular weight excluding hydrogens is 286 g/mol. The van der Waals surface area contributed by atoms with Gasteiger partial charge in [0, 0.05) is 11.9 Å². The summed E-state index contributed by atoms with van der Waals surface area (Å²) in [6.45, 7) is -0.552. The van der Waals surface area contributed by atoms with Gasteiger partial charge in [0.1, 0.15) is 6.04 Å². The Kier molecular flexibility index (Phi) is 7.16. The van der Waals surface area contributed by atoms with Crippen molar-refractivity contribution < 1.29 is 23.4 Å². The van der Waals surface area contributed by atoms with Crippen molar-refractivity contribution in [1.29, 1.82) is 0 Å². The van der Waals surface area contributed by atoms with Crippen molar-refractivity contribution in [1.82, 2.24) is 0 Å². The minimum atomic E-state index is -3.26. The monoisotopic (exact) mass is 301 g/mol. The van der Waals surface area contributed by atoms with Crippen LogP contribution in [0.25, 0.3) is 0 Å². The predicted molar refractivity (Wildman–Crippen MR) is 70.2 cm³/mol. The van der Waals surface area contributed by atoms with Crippen LogP contribution in [-0.4, -0.2) is 81.2 Å². The van der Waals surface area contributed by atoms with E-state index in [1.165, 1.54) is 24.3 Å². The van der Waals surface area contributed by atoms with E-state index in [-0.39, 0.29) is 42.6 Å². The molecule has 0 spiro atoms. The Morgan fingerprint density at radius 2 is 1.83 bits per heavy atom. The van der Waals surface area contributed by atoms with Crippen molar-refractivity contribution in [3.8, 4) is 0 Å². The van der Waals surface area contributed by atoms with E-state index >= 15 is 0 Å². The van der Waals surface area contributed by atoms with E-state index in [9.17, 15) is 13.2 Å². The molecular formula is C10H15CaNO5S. The predicted octanol–water partition coefficient (Wildman–Crippen LogP) is -0.969. The van der Waals surface area contributed by atoms with Gasteiger partial charge >= 0.3 is 43.7 Å². The second-order valence-electron chi connectivity index (χ2n) is 3.51. The standard InChI is InChI=1S/C10H13NO5S.Ca.2H/c1-17(15,16)8-4-2-7(3-5-8)11-9(6-12)10(13)14;;;/h2-5,9,11-12H,6H2,1H3,(H,13,14);;;/t9-;;;/m0.../s1. The number of anilines is 1. The number of hydrogen-bond acceptors (Lipinski definition) is 5. The van der Waals surface area contributed by atoms with Gasteiger partial charge in [0.05, 0.1) is 11.5 Å².